The Kier molecular flexibility index (Phi) is 4.06. The summed E-state index contributed by atoms with van der Waals surface area (Å²) in [5.41, 5.74) is 5.87. The van der Waals surface area contributed by atoms with E-state index in [1.54, 1.807) is 0 Å². The monoisotopic (exact) mass is 324 g/mol. The van der Waals surface area contributed by atoms with Crippen molar-refractivity contribution in [2.75, 3.05) is 5.32 Å². The number of hydrogen-bond acceptors (Lipinski definition) is 4. The molecule has 0 spiro atoms. The number of nitrogens with one attached hydrogen (secondary N) is 1. The summed E-state index contributed by atoms with van der Waals surface area (Å²) >= 11 is 3.21. The summed E-state index contributed by atoms with van der Waals surface area (Å²) in [5, 5.41) is 2.80. The highest BCUT2D eigenvalue weighted by Gasteiger charge is 2.18. The van der Waals surface area contributed by atoms with Gasteiger partial charge in [-0.2, -0.15) is 0 Å². The smallest absolute Gasteiger partial charge is 0.244 e. The molecular weight excluding hydrogens is 315 g/mol. The van der Waals surface area contributed by atoms with Crippen LogP contribution in [-0.4, -0.2) is 15.9 Å². The van der Waals surface area contributed by atoms with Gasteiger partial charge >= 0.3 is 0 Å². The highest BCUT2D eigenvalue weighted by Crippen LogP contribution is 2.18. The Morgan fingerprint density at radius 1 is 1.26 bits per heavy atom. The number of nitrogens with two attached hydrogens (primary N) is 1. The van der Waals surface area contributed by atoms with Crippen LogP contribution in [0.4, 0.5) is 10.3 Å². The molecule has 0 aliphatic carbocycles. The van der Waals surface area contributed by atoms with Gasteiger partial charge in [0.25, 0.3) is 0 Å². The van der Waals surface area contributed by atoms with Gasteiger partial charge in [0.15, 0.2) is 0 Å². The number of carbonyl (C=O) groups excluding carboxylic acids is 1. The molecule has 5 nitrogen and oxygen atoms in total. The summed E-state index contributed by atoms with van der Waals surface area (Å²) < 4.78 is 13.6. The fourth-order valence-electron chi connectivity index (χ4n) is 1.49. The zero-order valence-corrected chi connectivity index (χ0v) is 11.3. The molecule has 1 aromatic carbocycles. The van der Waals surface area contributed by atoms with Gasteiger partial charge in [0, 0.05) is 12.4 Å². The minimum absolute atomic E-state index is 0.260. The number of anilines is 1. The first-order chi connectivity index (χ1) is 9.06. The maximum atomic E-state index is 12.9. The lowest BCUT2D eigenvalue weighted by Crippen LogP contribution is -2.28. The second kappa shape index (κ2) is 5.75. The van der Waals surface area contributed by atoms with Crippen molar-refractivity contribution in [1.29, 1.82) is 0 Å². The van der Waals surface area contributed by atoms with Crippen molar-refractivity contribution < 1.29 is 9.18 Å². The molecule has 2 aromatic rings. The maximum absolute atomic E-state index is 12.9. The van der Waals surface area contributed by atoms with Crippen LogP contribution in [0, 0.1) is 5.82 Å². The van der Waals surface area contributed by atoms with Crippen LogP contribution < -0.4 is 11.1 Å². The molecule has 0 aliphatic rings. The van der Waals surface area contributed by atoms with E-state index >= 15 is 0 Å². The van der Waals surface area contributed by atoms with Crippen LogP contribution >= 0.6 is 15.9 Å². The predicted octanol–water partition coefficient (Wildman–Crippen LogP) is 2.02. The summed E-state index contributed by atoms with van der Waals surface area (Å²) in [6.45, 7) is 0. The number of nitrogens with zero attached hydrogens (tertiary/aromatic N) is 2. The normalized spacial score (nSPS) is 11.9. The number of aromatic nitrogens is 2. The van der Waals surface area contributed by atoms with E-state index in [-0.39, 0.29) is 11.8 Å². The standard InChI is InChI=1S/C12H10BrFN4O/c13-8-5-16-12(17-6-8)18-10(11(15)19)7-1-3-9(14)4-2-7/h1-6,10H,(H2,15,19)(H,16,17,18). The molecule has 0 radical (unpaired) electrons. The van der Waals surface area contributed by atoms with Crippen LogP contribution in [0.1, 0.15) is 11.6 Å². The highest BCUT2D eigenvalue weighted by atomic mass is 79.9. The van der Waals surface area contributed by atoms with Gasteiger partial charge in [-0.1, -0.05) is 12.1 Å². The largest absolute Gasteiger partial charge is 0.368 e. The van der Waals surface area contributed by atoms with Crippen LogP contribution in [0.3, 0.4) is 0 Å². The predicted molar refractivity (Wildman–Crippen MR) is 71.7 cm³/mol. The van der Waals surface area contributed by atoms with Gasteiger partial charge < -0.3 is 11.1 Å². The first kappa shape index (κ1) is 13.4. The molecule has 7 heteroatoms. The van der Waals surface area contributed by atoms with Gasteiger partial charge in [-0.3, -0.25) is 4.79 Å². The highest BCUT2D eigenvalue weighted by molar-refractivity contribution is 9.10. The Labute approximate surface area is 117 Å². The van der Waals surface area contributed by atoms with Gasteiger partial charge in [0.2, 0.25) is 11.9 Å². The Bertz CT molecular complexity index is 573. The van der Waals surface area contributed by atoms with Crippen LogP contribution in [0.5, 0.6) is 0 Å². The Hall–Kier alpha value is -2.02. The van der Waals surface area contributed by atoms with Crippen LogP contribution in [-0.2, 0) is 4.79 Å². The van der Waals surface area contributed by atoms with E-state index < -0.39 is 11.9 Å². The molecule has 1 amide bonds. The van der Waals surface area contributed by atoms with E-state index in [2.05, 4.69) is 31.2 Å². The van der Waals surface area contributed by atoms with Gasteiger partial charge in [-0.05, 0) is 33.6 Å². The van der Waals surface area contributed by atoms with Crippen LogP contribution in [0.15, 0.2) is 41.1 Å². The molecule has 0 saturated carbocycles. The van der Waals surface area contributed by atoms with Crippen molar-refractivity contribution in [1.82, 2.24) is 9.97 Å². The van der Waals surface area contributed by atoms with E-state index in [1.165, 1.54) is 36.7 Å². The molecule has 98 valence electrons. The van der Waals surface area contributed by atoms with Crippen molar-refractivity contribution in [3.05, 3.63) is 52.5 Å². The molecule has 1 aromatic heterocycles. The molecule has 2 rings (SSSR count). The molecule has 19 heavy (non-hydrogen) atoms. The molecule has 0 saturated heterocycles. The van der Waals surface area contributed by atoms with E-state index in [0.29, 0.717) is 5.56 Å². The van der Waals surface area contributed by atoms with Crippen molar-refractivity contribution >= 4 is 27.8 Å². The third kappa shape index (κ3) is 3.47. The zero-order chi connectivity index (χ0) is 13.8. The summed E-state index contributed by atoms with van der Waals surface area (Å²) in [4.78, 5) is 19.4. The first-order valence-electron chi connectivity index (χ1n) is 5.35. The minimum atomic E-state index is -0.818. The quantitative estimate of drug-likeness (QED) is 0.901. The molecule has 0 fully saturated rings. The molecule has 0 aliphatic heterocycles. The third-order valence-electron chi connectivity index (χ3n) is 2.38. The number of carbonyl (C=O) groups is 1. The molecule has 1 heterocycles. The van der Waals surface area contributed by atoms with E-state index in [4.69, 9.17) is 5.73 Å². The van der Waals surface area contributed by atoms with Gasteiger partial charge in [-0.15, -0.1) is 0 Å². The second-order valence-corrected chi connectivity index (χ2v) is 4.67. The number of halogens is 2. The van der Waals surface area contributed by atoms with Crippen LogP contribution in [0.2, 0.25) is 0 Å². The third-order valence-corrected chi connectivity index (χ3v) is 2.79. The number of hydrogen-bond donors (Lipinski definition) is 2. The second-order valence-electron chi connectivity index (χ2n) is 3.76. The zero-order valence-electron chi connectivity index (χ0n) is 9.68. The average molecular weight is 325 g/mol. The van der Waals surface area contributed by atoms with Gasteiger partial charge in [0.05, 0.1) is 4.47 Å². The molecule has 0 bridgehead atoms. The number of rotatable bonds is 4. The van der Waals surface area contributed by atoms with Crippen molar-refractivity contribution in [3.8, 4) is 0 Å². The topological polar surface area (TPSA) is 80.9 Å². The SMILES string of the molecule is NC(=O)C(Nc1ncc(Br)cn1)c1ccc(F)cc1. The maximum Gasteiger partial charge on any atom is 0.244 e. The van der Waals surface area contributed by atoms with Crippen molar-refractivity contribution in [2.45, 2.75) is 6.04 Å². The Morgan fingerprint density at radius 2 is 1.84 bits per heavy atom. The van der Waals surface area contributed by atoms with E-state index in [9.17, 15) is 9.18 Å². The number of primary amides is 1. The molecule has 1 unspecified atom stereocenters. The van der Waals surface area contributed by atoms with Crippen molar-refractivity contribution in [3.63, 3.8) is 0 Å². The summed E-state index contributed by atoms with van der Waals surface area (Å²) in [6, 6.07) is 4.67. The lowest BCUT2D eigenvalue weighted by Gasteiger charge is -2.15. The lowest BCUT2D eigenvalue weighted by molar-refractivity contribution is -0.118. The van der Waals surface area contributed by atoms with E-state index in [0.717, 1.165) is 4.47 Å². The van der Waals surface area contributed by atoms with Gasteiger partial charge in [-0.25, -0.2) is 14.4 Å². The fraction of sp³-hybridized carbons (Fsp3) is 0.0833. The lowest BCUT2D eigenvalue weighted by atomic mass is 10.1. The first-order valence-corrected chi connectivity index (χ1v) is 6.14. The van der Waals surface area contributed by atoms with E-state index in [1.807, 2.05) is 0 Å². The summed E-state index contributed by atoms with van der Waals surface area (Å²) in [7, 11) is 0. The van der Waals surface area contributed by atoms with Crippen molar-refractivity contribution in [2.24, 2.45) is 5.73 Å². The van der Waals surface area contributed by atoms with Gasteiger partial charge in [0.1, 0.15) is 11.9 Å². The minimum Gasteiger partial charge on any atom is -0.368 e. The molecular formula is C12H10BrFN4O. The van der Waals surface area contributed by atoms with Crippen LogP contribution in [0.25, 0.3) is 0 Å². The summed E-state index contributed by atoms with van der Waals surface area (Å²) in [6.07, 6.45) is 3.08. The number of amides is 1. The Morgan fingerprint density at radius 3 is 2.37 bits per heavy atom. The molecule has 3 N–H and O–H groups in total. The number of benzene rings is 1. The molecule has 1 atom stereocenters. The summed E-state index contributed by atoms with van der Waals surface area (Å²) in [5.74, 6) is -0.721. The average Bonchev–Trinajstić information content (AvgIpc) is 2.39. The Balaban J connectivity index is 2.23. The fourth-order valence-corrected chi connectivity index (χ4v) is 1.69.